The highest BCUT2D eigenvalue weighted by Crippen LogP contribution is 2.23. The average molecular weight is 288 g/mol. The third-order valence-corrected chi connectivity index (χ3v) is 5.34. The van der Waals surface area contributed by atoms with E-state index in [1.165, 1.54) is 15.6 Å². The van der Waals surface area contributed by atoms with Gasteiger partial charge in [-0.25, -0.2) is 8.42 Å². The molecular formula is C8H11Cl2NO2S2. The van der Waals surface area contributed by atoms with E-state index in [4.69, 9.17) is 23.2 Å². The van der Waals surface area contributed by atoms with Gasteiger partial charge in [0.05, 0.1) is 4.34 Å². The number of alkyl halides is 1. The van der Waals surface area contributed by atoms with E-state index in [1.807, 2.05) is 6.07 Å². The van der Waals surface area contributed by atoms with Gasteiger partial charge in [0.1, 0.15) is 5.21 Å². The summed E-state index contributed by atoms with van der Waals surface area (Å²) in [6.45, 7) is 2.52. The van der Waals surface area contributed by atoms with Crippen molar-refractivity contribution in [2.24, 2.45) is 0 Å². The third kappa shape index (κ3) is 3.60. The molecule has 0 aliphatic carbocycles. The second-order valence-corrected chi connectivity index (χ2v) is 7.21. The third-order valence-electron chi connectivity index (χ3n) is 1.85. The first-order chi connectivity index (χ1) is 6.99. The number of nitrogens with zero attached hydrogens (tertiary/aromatic N) is 1. The zero-order valence-electron chi connectivity index (χ0n) is 8.11. The number of halogens is 2. The lowest BCUT2D eigenvalue weighted by molar-refractivity contribution is 0.430. The lowest BCUT2D eigenvalue weighted by Crippen LogP contribution is -2.30. The Bertz CT molecular complexity index is 416. The van der Waals surface area contributed by atoms with Crippen LogP contribution in [0.15, 0.2) is 12.1 Å². The first-order valence-corrected chi connectivity index (χ1v) is 7.61. The molecule has 0 aliphatic heterocycles. The fourth-order valence-electron chi connectivity index (χ4n) is 1.09. The molecule has 0 saturated carbocycles. The SMILES string of the molecule is CCN(Cc1ccc(Cl)s1)S(=O)(=O)CCl. The number of sulfonamides is 1. The average Bonchev–Trinajstić information content (AvgIpc) is 2.60. The second kappa shape index (κ2) is 5.50. The predicted octanol–water partition coefficient (Wildman–Crippen LogP) is 2.75. The van der Waals surface area contributed by atoms with Crippen molar-refractivity contribution >= 4 is 44.6 Å². The zero-order valence-corrected chi connectivity index (χ0v) is 11.3. The lowest BCUT2D eigenvalue weighted by Gasteiger charge is -2.17. The highest BCUT2D eigenvalue weighted by atomic mass is 35.5. The van der Waals surface area contributed by atoms with Crippen molar-refractivity contribution < 1.29 is 8.42 Å². The van der Waals surface area contributed by atoms with Crippen LogP contribution in [-0.4, -0.2) is 24.5 Å². The van der Waals surface area contributed by atoms with E-state index in [2.05, 4.69) is 0 Å². The topological polar surface area (TPSA) is 37.4 Å². The van der Waals surface area contributed by atoms with Gasteiger partial charge < -0.3 is 0 Å². The molecule has 0 atom stereocenters. The van der Waals surface area contributed by atoms with Crippen LogP contribution in [0, 0.1) is 0 Å². The molecule has 0 aromatic carbocycles. The Morgan fingerprint density at radius 3 is 2.53 bits per heavy atom. The number of thiophene rings is 1. The molecule has 0 fully saturated rings. The molecule has 1 aromatic heterocycles. The molecule has 0 radical (unpaired) electrons. The number of hydrogen-bond donors (Lipinski definition) is 0. The molecular weight excluding hydrogens is 277 g/mol. The Morgan fingerprint density at radius 1 is 1.47 bits per heavy atom. The fraction of sp³-hybridized carbons (Fsp3) is 0.500. The smallest absolute Gasteiger partial charge is 0.211 e. The molecule has 0 bridgehead atoms. The van der Waals surface area contributed by atoms with Crippen molar-refractivity contribution in [1.29, 1.82) is 0 Å². The van der Waals surface area contributed by atoms with E-state index >= 15 is 0 Å². The largest absolute Gasteiger partial charge is 0.228 e. The summed E-state index contributed by atoms with van der Waals surface area (Å²) in [6.07, 6.45) is 0. The lowest BCUT2D eigenvalue weighted by atomic mass is 10.4. The molecule has 86 valence electrons. The summed E-state index contributed by atoms with van der Waals surface area (Å²) >= 11 is 12.5. The van der Waals surface area contributed by atoms with Gasteiger partial charge in [-0.2, -0.15) is 4.31 Å². The Kier molecular flexibility index (Phi) is 4.86. The fourth-order valence-corrected chi connectivity index (χ4v) is 3.55. The van der Waals surface area contributed by atoms with Gasteiger partial charge in [0, 0.05) is 18.0 Å². The monoisotopic (exact) mass is 287 g/mol. The zero-order chi connectivity index (χ0) is 11.5. The molecule has 1 aromatic rings. The normalized spacial score (nSPS) is 12.3. The Labute approximate surface area is 104 Å². The van der Waals surface area contributed by atoms with Gasteiger partial charge in [-0.15, -0.1) is 22.9 Å². The minimum Gasteiger partial charge on any atom is -0.211 e. The van der Waals surface area contributed by atoms with Gasteiger partial charge in [0.2, 0.25) is 10.0 Å². The van der Waals surface area contributed by atoms with E-state index in [1.54, 1.807) is 13.0 Å². The van der Waals surface area contributed by atoms with E-state index < -0.39 is 10.0 Å². The molecule has 0 amide bonds. The van der Waals surface area contributed by atoms with Crippen LogP contribution < -0.4 is 0 Å². The van der Waals surface area contributed by atoms with Gasteiger partial charge in [-0.3, -0.25) is 0 Å². The molecule has 0 N–H and O–H groups in total. The van der Waals surface area contributed by atoms with E-state index in [0.717, 1.165) is 4.88 Å². The summed E-state index contributed by atoms with van der Waals surface area (Å²) in [5.74, 6) is 0. The molecule has 0 saturated heterocycles. The van der Waals surface area contributed by atoms with Gasteiger partial charge in [-0.1, -0.05) is 18.5 Å². The maximum atomic E-state index is 11.5. The van der Waals surface area contributed by atoms with Crippen LogP contribution >= 0.6 is 34.5 Å². The van der Waals surface area contributed by atoms with Crippen molar-refractivity contribution in [3.8, 4) is 0 Å². The maximum absolute atomic E-state index is 11.5. The van der Waals surface area contributed by atoms with Gasteiger partial charge in [0.25, 0.3) is 0 Å². The molecule has 3 nitrogen and oxygen atoms in total. The summed E-state index contributed by atoms with van der Waals surface area (Å²) in [5.41, 5.74) is 0. The molecule has 0 spiro atoms. The summed E-state index contributed by atoms with van der Waals surface area (Å²) < 4.78 is 25.0. The second-order valence-electron chi connectivity index (χ2n) is 2.85. The van der Waals surface area contributed by atoms with Gasteiger partial charge in [0.15, 0.2) is 0 Å². The van der Waals surface area contributed by atoms with Gasteiger partial charge >= 0.3 is 0 Å². The molecule has 1 rings (SSSR count). The standard InChI is InChI=1S/C8H11Cl2NO2S2/c1-2-11(15(12,13)6-9)5-7-3-4-8(10)14-7/h3-4H,2,5-6H2,1H3. The summed E-state index contributed by atoms with van der Waals surface area (Å²) in [5, 5.41) is -0.389. The van der Waals surface area contributed by atoms with Crippen LogP contribution in [0.4, 0.5) is 0 Å². The van der Waals surface area contributed by atoms with Crippen LogP contribution in [-0.2, 0) is 16.6 Å². The number of rotatable bonds is 5. The van der Waals surface area contributed by atoms with Crippen molar-refractivity contribution in [1.82, 2.24) is 4.31 Å². The minimum absolute atomic E-state index is 0.336. The molecule has 0 unspecified atom stereocenters. The van der Waals surface area contributed by atoms with Crippen LogP contribution in [0.1, 0.15) is 11.8 Å². The van der Waals surface area contributed by atoms with Crippen molar-refractivity contribution in [3.05, 3.63) is 21.3 Å². The highest BCUT2D eigenvalue weighted by molar-refractivity contribution is 7.90. The molecule has 1 heterocycles. The molecule has 15 heavy (non-hydrogen) atoms. The van der Waals surface area contributed by atoms with Crippen molar-refractivity contribution in [3.63, 3.8) is 0 Å². The summed E-state index contributed by atoms with van der Waals surface area (Å²) in [4.78, 5) is 0.913. The van der Waals surface area contributed by atoms with Crippen molar-refractivity contribution in [2.75, 3.05) is 11.8 Å². The van der Waals surface area contributed by atoms with Crippen LogP contribution in [0.25, 0.3) is 0 Å². The van der Waals surface area contributed by atoms with Crippen molar-refractivity contribution in [2.45, 2.75) is 13.5 Å². The van der Waals surface area contributed by atoms with Crippen LogP contribution in [0.5, 0.6) is 0 Å². The summed E-state index contributed by atoms with van der Waals surface area (Å²) in [6, 6.07) is 3.57. The Hall–Kier alpha value is 0.190. The van der Waals surface area contributed by atoms with E-state index in [0.29, 0.717) is 17.4 Å². The van der Waals surface area contributed by atoms with Crippen LogP contribution in [0.2, 0.25) is 4.34 Å². The first kappa shape index (κ1) is 13.3. The van der Waals surface area contributed by atoms with Crippen LogP contribution in [0.3, 0.4) is 0 Å². The predicted molar refractivity (Wildman–Crippen MR) is 65.1 cm³/mol. The molecule has 7 heteroatoms. The quantitative estimate of drug-likeness (QED) is 0.781. The molecule has 0 aliphatic rings. The van der Waals surface area contributed by atoms with E-state index in [-0.39, 0.29) is 5.21 Å². The minimum atomic E-state index is -3.34. The Morgan fingerprint density at radius 2 is 2.13 bits per heavy atom. The van der Waals surface area contributed by atoms with E-state index in [9.17, 15) is 8.42 Å². The summed E-state index contributed by atoms with van der Waals surface area (Å²) in [7, 11) is -3.34. The van der Waals surface area contributed by atoms with Gasteiger partial charge in [-0.05, 0) is 12.1 Å². The number of hydrogen-bond acceptors (Lipinski definition) is 3. The highest BCUT2D eigenvalue weighted by Gasteiger charge is 2.19. The maximum Gasteiger partial charge on any atom is 0.228 e. The first-order valence-electron chi connectivity index (χ1n) is 4.27. The Balaban J connectivity index is 2.79.